The quantitative estimate of drug-likeness (QED) is 0.763. The fourth-order valence-corrected chi connectivity index (χ4v) is 3.85. The van der Waals surface area contributed by atoms with Crippen LogP contribution in [0.4, 0.5) is 5.82 Å². The second-order valence-electron chi connectivity index (χ2n) is 7.53. The van der Waals surface area contributed by atoms with Crippen LogP contribution in [0.5, 0.6) is 0 Å². The average molecular weight is 388 g/mol. The third-order valence-corrected chi connectivity index (χ3v) is 5.59. The molecular formula is C20H29N5OS. The number of aromatic nitrogens is 2. The van der Waals surface area contributed by atoms with Gasteiger partial charge in [-0.2, -0.15) is 11.3 Å². The van der Waals surface area contributed by atoms with Gasteiger partial charge in [-0.3, -0.25) is 9.69 Å². The maximum Gasteiger partial charge on any atom is 0.236 e. The molecule has 2 aromatic heterocycles. The molecule has 0 bridgehead atoms. The molecule has 1 amide bonds. The van der Waals surface area contributed by atoms with E-state index in [1.807, 2.05) is 24.3 Å². The molecule has 0 spiro atoms. The van der Waals surface area contributed by atoms with E-state index in [1.54, 1.807) is 11.3 Å². The number of thiophene rings is 1. The Labute approximate surface area is 165 Å². The number of hydrogen-bond acceptors (Lipinski definition) is 6. The van der Waals surface area contributed by atoms with Gasteiger partial charge in [0, 0.05) is 57.4 Å². The molecular weight excluding hydrogens is 358 g/mol. The highest BCUT2D eigenvalue weighted by molar-refractivity contribution is 7.07. The Kier molecular flexibility index (Phi) is 6.44. The van der Waals surface area contributed by atoms with Gasteiger partial charge < -0.3 is 9.80 Å². The number of rotatable bonds is 6. The predicted octanol–water partition coefficient (Wildman–Crippen LogP) is 2.75. The van der Waals surface area contributed by atoms with Crippen LogP contribution in [-0.2, 0) is 11.3 Å². The van der Waals surface area contributed by atoms with Crippen molar-refractivity contribution in [2.75, 3.05) is 44.7 Å². The smallest absolute Gasteiger partial charge is 0.236 e. The number of hydrogen-bond donors (Lipinski definition) is 0. The van der Waals surface area contributed by atoms with Gasteiger partial charge in [0.2, 0.25) is 5.91 Å². The van der Waals surface area contributed by atoms with Crippen molar-refractivity contribution >= 4 is 23.1 Å². The van der Waals surface area contributed by atoms with Crippen LogP contribution in [0.2, 0.25) is 0 Å². The molecule has 7 heteroatoms. The van der Waals surface area contributed by atoms with Crippen LogP contribution in [0.3, 0.4) is 0 Å². The molecule has 0 saturated carbocycles. The van der Waals surface area contributed by atoms with Gasteiger partial charge in [0.25, 0.3) is 0 Å². The molecule has 1 fully saturated rings. The maximum atomic E-state index is 12.5. The van der Waals surface area contributed by atoms with E-state index < -0.39 is 0 Å². The Hall–Kier alpha value is -1.99. The topological polar surface area (TPSA) is 52.6 Å². The summed E-state index contributed by atoms with van der Waals surface area (Å²) >= 11 is 1.67. The lowest BCUT2D eigenvalue weighted by atomic mass is 10.2. The number of carbonyl (C=O) groups is 1. The summed E-state index contributed by atoms with van der Waals surface area (Å²) in [6.45, 7) is 10.9. The van der Waals surface area contributed by atoms with Crippen molar-refractivity contribution in [3.8, 4) is 0 Å². The van der Waals surface area contributed by atoms with E-state index in [0.717, 1.165) is 43.5 Å². The summed E-state index contributed by atoms with van der Waals surface area (Å²) in [7, 11) is 1.88. The Balaban J connectivity index is 1.52. The molecule has 6 nitrogen and oxygen atoms in total. The van der Waals surface area contributed by atoms with E-state index in [0.29, 0.717) is 19.0 Å². The zero-order chi connectivity index (χ0) is 19.4. The van der Waals surface area contributed by atoms with Crippen molar-refractivity contribution in [3.63, 3.8) is 0 Å². The van der Waals surface area contributed by atoms with Crippen molar-refractivity contribution in [3.05, 3.63) is 40.0 Å². The SMILES string of the molecule is Cc1cc(N2CCN(CC(=O)N(C)Cc3ccsc3)CC2)nc(C(C)C)n1. The van der Waals surface area contributed by atoms with Gasteiger partial charge in [-0.05, 0) is 29.3 Å². The molecule has 3 rings (SSSR count). The maximum absolute atomic E-state index is 12.5. The standard InChI is InChI=1S/C20H29N5OS/c1-15(2)20-21-16(3)11-18(22-20)25-8-6-24(7-9-25)13-19(26)23(4)12-17-5-10-27-14-17/h5,10-11,14-15H,6-9,12-13H2,1-4H3. The molecule has 1 aliphatic heterocycles. The lowest BCUT2D eigenvalue weighted by molar-refractivity contribution is -0.131. The number of nitrogens with zero attached hydrogens (tertiary/aromatic N) is 5. The Morgan fingerprint density at radius 1 is 1.26 bits per heavy atom. The Morgan fingerprint density at radius 2 is 2.00 bits per heavy atom. The molecule has 1 aliphatic rings. The molecule has 0 aliphatic carbocycles. The number of amides is 1. The predicted molar refractivity (Wildman–Crippen MR) is 110 cm³/mol. The van der Waals surface area contributed by atoms with E-state index in [9.17, 15) is 4.79 Å². The lowest BCUT2D eigenvalue weighted by Crippen LogP contribution is -2.50. The second-order valence-corrected chi connectivity index (χ2v) is 8.31. The Bertz CT molecular complexity index is 754. The summed E-state index contributed by atoms with van der Waals surface area (Å²) < 4.78 is 0. The lowest BCUT2D eigenvalue weighted by Gasteiger charge is -2.35. The van der Waals surface area contributed by atoms with E-state index in [4.69, 9.17) is 4.98 Å². The second kappa shape index (κ2) is 8.80. The van der Waals surface area contributed by atoms with Gasteiger partial charge in [-0.25, -0.2) is 9.97 Å². The van der Waals surface area contributed by atoms with Crippen LogP contribution in [0, 0.1) is 6.92 Å². The van der Waals surface area contributed by atoms with Crippen molar-refractivity contribution in [2.24, 2.45) is 0 Å². The minimum Gasteiger partial charge on any atom is -0.354 e. The van der Waals surface area contributed by atoms with Crippen LogP contribution in [-0.4, -0.2) is 65.4 Å². The number of piperazine rings is 1. The molecule has 0 radical (unpaired) electrons. The summed E-state index contributed by atoms with van der Waals surface area (Å²) in [6.07, 6.45) is 0. The molecule has 3 heterocycles. The highest BCUT2D eigenvalue weighted by Gasteiger charge is 2.22. The first-order valence-corrected chi connectivity index (χ1v) is 10.4. The van der Waals surface area contributed by atoms with Crippen molar-refractivity contribution < 1.29 is 4.79 Å². The van der Waals surface area contributed by atoms with E-state index >= 15 is 0 Å². The number of carbonyl (C=O) groups excluding carboxylic acids is 1. The fourth-order valence-electron chi connectivity index (χ4n) is 3.19. The van der Waals surface area contributed by atoms with Crippen LogP contribution < -0.4 is 4.90 Å². The van der Waals surface area contributed by atoms with Gasteiger partial charge in [0.1, 0.15) is 11.6 Å². The largest absolute Gasteiger partial charge is 0.354 e. The van der Waals surface area contributed by atoms with Gasteiger partial charge in [0.15, 0.2) is 0 Å². The number of aryl methyl sites for hydroxylation is 1. The van der Waals surface area contributed by atoms with Gasteiger partial charge >= 0.3 is 0 Å². The zero-order valence-electron chi connectivity index (χ0n) is 16.7. The summed E-state index contributed by atoms with van der Waals surface area (Å²) in [5, 5.41) is 4.14. The minimum absolute atomic E-state index is 0.176. The first-order chi connectivity index (χ1) is 12.9. The minimum atomic E-state index is 0.176. The fraction of sp³-hybridized carbons (Fsp3) is 0.550. The van der Waals surface area contributed by atoms with Gasteiger partial charge in [-0.15, -0.1) is 0 Å². The monoisotopic (exact) mass is 387 g/mol. The highest BCUT2D eigenvalue weighted by atomic mass is 32.1. The van der Waals surface area contributed by atoms with Gasteiger partial charge in [0.05, 0.1) is 6.54 Å². The molecule has 27 heavy (non-hydrogen) atoms. The Morgan fingerprint density at radius 3 is 2.63 bits per heavy atom. The zero-order valence-corrected chi connectivity index (χ0v) is 17.5. The van der Waals surface area contributed by atoms with Crippen molar-refractivity contribution in [1.82, 2.24) is 19.8 Å². The number of anilines is 1. The number of likely N-dealkylation sites (N-methyl/N-ethyl adjacent to an activating group) is 1. The molecule has 1 saturated heterocycles. The van der Waals surface area contributed by atoms with Gasteiger partial charge in [-0.1, -0.05) is 13.8 Å². The van der Waals surface area contributed by atoms with E-state index in [1.165, 1.54) is 5.56 Å². The molecule has 2 aromatic rings. The first-order valence-electron chi connectivity index (χ1n) is 9.50. The van der Waals surface area contributed by atoms with E-state index in [-0.39, 0.29) is 5.91 Å². The average Bonchev–Trinajstić information content (AvgIpc) is 3.14. The summed E-state index contributed by atoms with van der Waals surface area (Å²) in [5.41, 5.74) is 2.21. The summed E-state index contributed by atoms with van der Waals surface area (Å²) in [4.78, 5) is 28.1. The normalized spacial score (nSPS) is 15.4. The summed E-state index contributed by atoms with van der Waals surface area (Å²) in [5.74, 6) is 2.40. The third-order valence-electron chi connectivity index (χ3n) is 4.86. The molecule has 146 valence electrons. The first kappa shape index (κ1) is 19.8. The molecule has 0 N–H and O–H groups in total. The molecule has 0 atom stereocenters. The molecule has 0 aromatic carbocycles. The van der Waals surface area contributed by atoms with Crippen LogP contribution in [0.15, 0.2) is 22.9 Å². The van der Waals surface area contributed by atoms with Crippen LogP contribution in [0.25, 0.3) is 0 Å². The van der Waals surface area contributed by atoms with Crippen LogP contribution >= 0.6 is 11.3 Å². The summed E-state index contributed by atoms with van der Waals surface area (Å²) in [6, 6.07) is 4.13. The van der Waals surface area contributed by atoms with Crippen LogP contribution in [0.1, 0.15) is 36.8 Å². The third kappa shape index (κ3) is 5.26. The highest BCUT2D eigenvalue weighted by Crippen LogP contribution is 2.18. The van der Waals surface area contributed by atoms with E-state index in [2.05, 4.69) is 46.1 Å². The van der Waals surface area contributed by atoms with Crippen molar-refractivity contribution in [2.45, 2.75) is 33.2 Å². The molecule has 0 unspecified atom stereocenters. The van der Waals surface area contributed by atoms with Crippen molar-refractivity contribution in [1.29, 1.82) is 0 Å².